The zero-order valence-electron chi connectivity index (χ0n) is 16.8. The monoisotopic (exact) mass is 405 g/mol. The normalized spacial score (nSPS) is 10.9. The summed E-state index contributed by atoms with van der Waals surface area (Å²) in [6.45, 7) is 5.34. The van der Waals surface area contributed by atoms with E-state index >= 15 is 0 Å². The SMILES string of the molecule is Cc1ccc(-n2c(C)cc(C(=O)COc3ccc(-c4nnco4)cc3)c2C)cc1F. The molecular weight excluding hydrogens is 385 g/mol. The van der Waals surface area contributed by atoms with Crippen LogP contribution in [0, 0.1) is 26.6 Å². The Morgan fingerprint density at radius 2 is 1.87 bits per heavy atom. The van der Waals surface area contributed by atoms with Crippen molar-refractivity contribution in [2.75, 3.05) is 6.61 Å². The molecular formula is C23H20FN3O3. The van der Waals surface area contributed by atoms with Gasteiger partial charge in [0.15, 0.2) is 6.61 Å². The predicted molar refractivity (Wildman–Crippen MR) is 109 cm³/mol. The first-order valence-electron chi connectivity index (χ1n) is 9.42. The van der Waals surface area contributed by atoms with Crippen LogP contribution in [0.5, 0.6) is 5.75 Å². The molecule has 0 atom stereocenters. The topological polar surface area (TPSA) is 70.2 Å². The minimum atomic E-state index is -0.278. The Hall–Kier alpha value is -3.74. The summed E-state index contributed by atoms with van der Waals surface area (Å²) in [5.74, 6) is 0.543. The number of Topliss-reactive ketones (excluding diaryl/α,β-unsaturated/α-hetero) is 1. The molecule has 0 saturated heterocycles. The Kier molecular flexibility index (Phi) is 5.18. The van der Waals surface area contributed by atoms with E-state index in [0.29, 0.717) is 28.5 Å². The Balaban J connectivity index is 1.49. The fraction of sp³-hybridized carbons (Fsp3) is 0.174. The number of rotatable bonds is 6. The third kappa shape index (κ3) is 3.74. The zero-order chi connectivity index (χ0) is 21.3. The van der Waals surface area contributed by atoms with Gasteiger partial charge in [0.25, 0.3) is 0 Å². The van der Waals surface area contributed by atoms with Crippen molar-refractivity contribution in [1.82, 2.24) is 14.8 Å². The van der Waals surface area contributed by atoms with Gasteiger partial charge in [-0.1, -0.05) is 6.07 Å². The van der Waals surface area contributed by atoms with Crippen LogP contribution < -0.4 is 4.74 Å². The van der Waals surface area contributed by atoms with Gasteiger partial charge in [-0.15, -0.1) is 10.2 Å². The summed E-state index contributed by atoms with van der Waals surface area (Å²) in [6, 6.07) is 13.9. The number of hydrogen-bond donors (Lipinski definition) is 0. The second-order valence-electron chi connectivity index (χ2n) is 7.03. The highest BCUT2D eigenvalue weighted by Gasteiger charge is 2.18. The van der Waals surface area contributed by atoms with Gasteiger partial charge in [0.05, 0.1) is 0 Å². The lowest BCUT2D eigenvalue weighted by Crippen LogP contribution is -2.12. The summed E-state index contributed by atoms with van der Waals surface area (Å²) >= 11 is 0. The summed E-state index contributed by atoms with van der Waals surface area (Å²) in [6.07, 6.45) is 1.26. The minimum Gasteiger partial charge on any atom is -0.485 e. The molecule has 6 nitrogen and oxygen atoms in total. The molecule has 0 radical (unpaired) electrons. The van der Waals surface area contributed by atoms with Crippen LogP contribution in [0.2, 0.25) is 0 Å². The average molecular weight is 405 g/mol. The van der Waals surface area contributed by atoms with Gasteiger partial charge >= 0.3 is 0 Å². The van der Waals surface area contributed by atoms with Crippen molar-refractivity contribution in [1.29, 1.82) is 0 Å². The van der Waals surface area contributed by atoms with E-state index in [1.807, 2.05) is 24.5 Å². The lowest BCUT2D eigenvalue weighted by atomic mass is 10.1. The molecule has 0 aliphatic heterocycles. The molecule has 0 bridgehead atoms. The molecule has 152 valence electrons. The van der Waals surface area contributed by atoms with Gasteiger partial charge in [-0.25, -0.2) is 4.39 Å². The van der Waals surface area contributed by atoms with Crippen LogP contribution in [0.15, 0.2) is 59.3 Å². The van der Waals surface area contributed by atoms with Crippen LogP contribution in [0.25, 0.3) is 17.1 Å². The maximum Gasteiger partial charge on any atom is 0.247 e. The highest BCUT2D eigenvalue weighted by Crippen LogP contribution is 2.24. The van der Waals surface area contributed by atoms with Gasteiger partial charge in [-0.3, -0.25) is 4.79 Å². The number of halogens is 1. The van der Waals surface area contributed by atoms with E-state index in [-0.39, 0.29) is 18.2 Å². The van der Waals surface area contributed by atoms with Crippen molar-refractivity contribution < 1.29 is 18.3 Å². The molecule has 4 rings (SSSR count). The Morgan fingerprint density at radius 3 is 2.53 bits per heavy atom. The second-order valence-corrected chi connectivity index (χ2v) is 7.03. The molecule has 0 amide bonds. The van der Waals surface area contributed by atoms with Crippen LogP contribution in [0.1, 0.15) is 27.3 Å². The number of carbonyl (C=O) groups excluding carboxylic acids is 1. The fourth-order valence-electron chi connectivity index (χ4n) is 3.38. The molecule has 7 heteroatoms. The summed E-state index contributed by atoms with van der Waals surface area (Å²) in [5.41, 5.74) is 4.18. The molecule has 0 spiro atoms. The molecule has 30 heavy (non-hydrogen) atoms. The lowest BCUT2D eigenvalue weighted by Gasteiger charge is -2.11. The van der Waals surface area contributed by atoms with Gasteiger partial charge in [-0.05, 0) is 68.8 Å². The van der Waals surface area contributed by atoms with Gasteiger partial charge in [-0.2, -0.15) is 0 Å². The number of hydrogen-bond acceptors (Lipinski definition) is 5. The van der Waals surface area contributed by atoms with E-state index in [1.54, 1.807) is 43.3 Å². The van der Waals surface area contributed by atoms with Gasteiger partial charge in [0.1, 0.15) is 11.6 Å². The number of ketones is 1. The summed E-state index contributed by atoms with van der Waals surface area (Å²) in [7, 11) is 0. The van der Waals surface area contributed by atoms with Crippen molar-refractivity contribution in [3.8, 4) is 22.9 Å². The number of carbonyl (C=O) groups is 1. The largest absolute Gasteiger partial charge is 0.485 e. The standard InChI is InChI=1S/C23H20FN3O3/c1-14-4-7-18(11-21(14)24)27-15(2)10-20(16(27)3)22(28)12-29-19-8-5-17(6-9-19)23-26-25-13-30-23/h4-11,13H,12H2,1-3H3. The second kappa shape index (κ2) is 7.94. The van der Waals surface area contributed by atoms with Crippen molar-refractivity contribution in [3.05, 3.63) is 83.3 Å². The van der Waals surface area contributed by atoms with Gasteiger partial charge < -0.3 is 13.7 Å². The van der Waals surface area contributed by atoms with Gasteiger partial charge in [0, 0.05) is 28.2 Å². The number of ether oxygens (including phenoxy) is 1. The van der Waals surface area contributed by atoms with Gasteiger partial charge in [0.2, 0.25) is 18.1 Å². The van der Waals surface area contributed by atoms with E-state index in [0.717, 1.165) is 17.0 Å². The Bertz CT molecular complexity index is 1200. The summed E-state index contributed by atoms with van der Waals surface area (Å²) < 4.78 is 26.7. The molecule has 0 N–H and O–H groups in total. The molecule has 0 fully saturated rings. The average Bonchev–Trinajstić information content (AvgIpc) is 3.37. The minimum absolute atomic E-state index is 0.105. The predicted octanol–water partition coefficient (Wildman–Crippen LogP) is 4.85. The van der Waals surface area contributed by atoms with Crippen LogP contribution in [-0.2, 0) is 0 Å². The third-order valence-corrected chi connectivity index (χ3v) is 4.98. The van der Waals surface area contributed by atoms with Crippen LogP contribution in [-0.4, -0.2) is 27.2 Å². The highest BCUT2D eigenvalue weighted by atomic mass is 19.1. The Morgan fingerprint density at radius 1 is 1.10 bits per heavy atom. The Labute approximate surface area is 172 Å². The van der Waals surface area contributed by atoms with Crippen LogP contribution in [0.4, 0.5) is 4.39 Å². The lowest BCUT2D eigenvalue weighted by molar-refractivity contribution is 0.0921. The molecule has 0 saturated carbocycles. The van der Waals surface area contributed by atoms with E-state index in [4.69, 9.17) is 9.15 Å². The van der Waals surface area contributed by atoms with E-state index < -0.39 is 0 Å². The summed E-state index contributed by atoms with van der Waals surface area (Å²) in [5, 5.41) is 7.49. The molecule has 2 aromatic carbocycles. The molecule has 2 heterocycles. The molecule has 0 unspecified atom stereocenters. The molecule has 0 aliphatic rings. The number of aromatic nitrogens is 3. The molecule has 4 aromatic rings. The zero-order valence-corrected chi connectivity index (χ0v) is 16.8. The fourth-order valence-corrected chi connectivity index (χ4v) is 3.38. The quantitative estimate of drug-likeness (QED) is 0.429. The van der Waals surface area contributed by atoms with Crippen molar-refractivity contribution in [2.45, 2.75) is 20.8 Å². The third-order valence-electron chi connectivity index (χ3n) is 4.98. The number of nitrogens with zero attached hydrogens (tertiary/aromatic N) is 3. The molecule has 2 aromatic heterocycles. The van der Waals surface area contributed by atoms with E-state index in [9.17, 15) is 9.18 Å². The van der Waals surface area contributed by atoms with Crippen molar-refractivity contribution >= 4 is 5.78 Å². The number of benzene rings is 2. The van der Waals surface area contributed by atoms with Crippen molar-refractivity contribution in [3.63, 3.8) is 0 Å². The smallest absolute Gasteiger partial charge is 0.247 e. The summed E-state index contributed by atoms with van der Waals surface area (Å²) in [4.78, 5) is 12.8. The van der Waals surface area contributed by atoms with E-state index in [2.05, 4.69) is 10.2 Å². The van der Waals surface area contributed by atoms with E-state index in [1.165, 1.54) is 12.5 Å². The van der Waals surface area contributed by atoms with Crippen molar-refractivity contribution in [2.24, 2.45) is 0 Å². The van der Waals surface area contributed by atoms with Crippen LogP contribution >= 0.6 is 0 Å². The maximum atomic E-state index is 14.0. The first-order valence-corrected chi connectivity index (χ1v) is 9.42. The first-order chi connectivity index (χ1) is 14.4. The first kappa shape index (κ1) is 19.6. The highest BCUT2D eigenvalue weighted by molar-refractivity contribution is 5.98. The maximum absolute atomic E-state index is 14.0. The number of aryl methyl sites for hydroxylation is 2. The van der Waals surface area contributed by atoms with Crippen LogP contribution in [0.3, 0.4) is 0 Å². The molecule has 0 aliphatic carbocycles.